The first-order valence-electron chi connectivity index (χ1n) is 7.05. The number of benzene rings is 2. The smallest absolute Gasteiger partial charge is 0.0949 e. The summed E-state index contributed by atoms with van der Waals surface area (Å²) < 4.78 is 5.70. The standard InChI is InChI=1S/C17H20O2/c1-2-14-12-17(18,10-11-19-14)16-9-5-7-13-6-3-4-8-15(13)16/h3-9,14,18H,2,10-12H2,1H3. The number of ether oxygens (including phenoxy) is 1. The third-order valence-corrected chi connectivity index (χ3v) is 4.18. The van der Waals surface area contributed by atoms with E-state index in [0.29, 0.717) is 19.4 Å². The molecule has 0 bridgehead atoms. The lowest BCUT2D eigenvalue weighted by molar-refractivity contribution is -0.107. The van der Waals surface area contributed by atoms with E-state index in [4.69, 9.17) is 4.74 Å². The van der Waals surface area contributed by atoms with Gasteiger partial charge in [0, 0.05) is 12.8 Å². The lowest BCUT2D eigenvalue weighted by Gasteiger charge is -2.37. The Labute approximate surface area is 114 Å². The summed E-state index contributed by atoms with van der Waals surface area (Å²) in [5.74, 6) is 0. The molecule has 0 saturated carbocycles. The van der Waals surface area contributed by atoms with Crippen LogP contribution in [-0.4, -0.2) is 17.8 Å². The van der Waals surface area contributed by atoms with Crippen LogP contribution in [0, 0.1) is 0 Å². The lowest BCUT2D eigenvalue weighted by atomic mass is 9.81. The molecule has 0 aromatic heterocycles. The number of hydrogen-bond acceptors (Lipinski definition) is 2. The second-order valence-corrected chi connectivity index (χ2v) is 5.41. The summed E-state index contributed by atoms with van der Waals surface area (Å²) in [6.07, 6.45) is 2.49. The summed E-state index contributed by atoms with van der Waals surface area (Å²) in [7, 11) is 0. The highest BCUT2D eigenvalue weighted by Crippen LogP contribution is 2.38. The predicted molar refractivity (Wildman–Crippen MR) is 77.1 cm³/mol. The fraction of sp³-hybridized carbons (Fsp3) is 0.412. The molecule has 2 aromatic carbocycles. The summed E-state index contributed by atoms with van der Waals surface area (Å²) in [6, 6.07) is 14.4. The topological polar surface area (TPSA) is 29.5 Å². The molecule has 0 aliphatic carbocycles. The van der Waals surface area contributed by atoms with E-state index in [2.05, 4.69) is 31.2 Å². The molecule has 2 nitrogen and oxygen atoms in total. The van der Waals surface area contributed by atoms with Crippen LogP contribution in [0.3, 0.4) is 0 Å². The van der Waals surface area contributed by atoms with Crippen molar-refractivity contribution >= 4 is 10.8 Å². The third-order valence-electron chi connectivity index (χ3n) is 4.18. The van der Waals surface area contributed by atoms with Crippen LogP contribution in [0.2, 0.25) is 0 Å². The zero-order valence-corrected chi connectivity index (χ0v) is 11.3. The van der Waals surface area contributed by atoms with Crippen molar-refractivity contribution in [2.45, 2.75) is 37.9 Å². The van der Waals surface area contributed by atoms with E-state index in [1.165, 1.54) is 5.39 Å². The maximum absolute atomic E-state index is 11.1. The fourth-order valence-corrected chi connectivity index (χ4v) is 3.07. The molecule has 1 aliphatic heterocycles. The summed E-state index contributed by atoms with van der Waals surface area (Å²) in [4.78, 5) is 0. The lowest BCUT2D eigenvalue weighted by Crippen LogP contribution is -2.38. The Kier molecular flexibility index (Phi) is 3.29. The van der Waals surface area contributed by atoms with Gasteiger partial charge < -0.3 is 9.84 Å². The molecule has 2 aromatic rings. The van der Waals surface area contributed by atoms with Crippen LogP contribution < -0.4 is 0 Å². The van der Waals surface area contributed by atoms with Gasteiger partial charge in [0.1, 0.15) is 0 Å². The molecule has 2 heteroatoms. The average molecular weight is 256 g/mol. The van der Waals surface area contributed by atoms with E-state index in [-0.39, 0.29) is 6.10 Å². The largest absolute Gasteiger partial charge is 0.385 e. The molecular formula is C17H20O2. The van der Waals surface area contributed by atoms with Gasteiger partial charge in [0.15, 0.2) is 0 Å². The summed E-state index contributed by atoms with van der Waals surface area (Å²) >= 11 is 0. The van der Waals surface area contributed by atoms with E-state index in [1.54, 1.807) is 0 Å². The normalized spacial score (nSPS) is 27.6. The Bertz CT molecular complexity index is 573. The van der Waals surface area contributed by atoms with E-state index in [9.17, 15) is 5.11 Å². The minimum absolute atomic E-state index is 0.165. The van der Waals surface area contributed by atoms with Crippen molar-refractivity contribution in [3.63, 3.8) is 0 Å². The van der Waals surface area contributed by atoms with Crippen molar-refractivity contribution in [3.8, 4) is 0 Å². The van der Waals surface area contributed by atoms with Crippen LogP contribution in [0.15, 0.2) is 42.5 Å². The van der Waals surface area contributed by atoms with Gasteiger partial charge in [-0.1, -0.05) is 49.4 Å². The molecule has 1 saturated heterocycles. The summed E-state index contributed by atoms with van der Waals surface area (Å²) in [6.45, 7) is 2.75. The van der Waals surface area contributed by atoms with Gasteiger partial charge in [-0.05, 0) is 22.8 Å². The predicted octanol–water partition coefficient (Wildman–Crippen LogP) is 3.62. The highest BCUT2D eigenvalue weighted by molar-refractivity contribution is 5.86. The Balaban J connectivity index is 2.07. The fourth-order valence-electron chi connectivity index (χ4n) is 3.07. The molecule has 0 amide bonds. The van der Waals surface area contributed by atoms with Crippen molar-refractivity contribution in [1.29, 1.82) is 0 Å². The van der Waals surface area contributed by atoms with Gasteiger partial charge in [-0.15, -0.1) is 0 Å². The third kappa shape index (κ3) is 2.26. The van der Waals surface area contributed by atoms with Crippen molar-refractivity contribution in [1.82, 2.24) is 0 Å². The number of hydrogen-bond donors (Lipinski definition) is 1. The van der Waals surface area contributed by atoms with Crippen LogP contribution in [0.1, 0.15) is 31.7 Å². The van der Waals surface area contributed by atoms with Crippen LogP contribution in [0.4, 0.5) is 0 Å². The van der Waals surface area contributed by atoms with Gasteiger partial charge in [-0.3, -0.25) is 0 Å². The van der Waals surface area contributed by atoms with Crippen LogP contribution in [0.25, 0.3) is 10.8 Å². The minimum Gasteiger partial charge on any atom is -0.385 e. The van der Waals surface area contributed by atoms with Crippen LogP contribution in [-0.2, 0) is 10.3 Å². The monoisotopic (exact) mass is 256 g/mol. The van der Waals surface area contributed by atoms with Gasteiger partial charge in [0.2, 0.25) is 0 Å². The minimum atomic E-state index is -0.750. The van der Waals surface area contributed by atoms with Gasteiger partial charge in [-0.2, -0.15) is 0 Å². The highest BCUT2D eigenvalue weighted by Gasteiger charge is 2.36. The quantitative estimate of drug-likeness (QED) is 0.889. The van der Waals surface area contributed by atoms with Crippen molar-refractivity contribution in [2.24, 2.45) is 0 Å². The molecule has 19 heavy (non-hydrogen) atoms. The molecule has 0 spiro atoms. The first kappa shape index (κ1) is 12.6. The van der Waals surface area contributed by atoms with E-state index < -0.39 is 5.60 Å². The molecule has 3 rings (SSSR count). The second kappa shape index (κ2) is 4.95. The second-order valence-electron chi connectivity index (χ2n) is 5.41. The number of rotatable bonds is 2. The number of aliphatic hydroxyl groups is 1. The average Bonchev–Trinajstić information content (AvgIpc) is 2.46. The van der Waals surface area contributed by atoms with Gasteiger partial charge >= 0.3 is 0 Å². The molecule has 1 heterocycles. The molecule has 2 atom stereocenters. The van der Waals surface area contributed by atoms with E-state index in [0.717, 1.165) is 17.4 Å². The molecule has 1 fully saturated rings. The van der Waals surface area contributed by atoms with Gasteiger partial charge in [0.05, 0.1) is 18.3 Å². The molecule has 2 unspecified atom stereocenters. The summed E-state index contributed by atoms with van der Waals surface area (Å²) in [5.41, 5.74) is 0.298. The SMILES string of the molecule is CCC1CC(O)(c2cccc3ccccc23)CCO1. The maximum Gasteiger partial charge on any atom is 0.0949 e. The summed E-state index contributed by atoms with van der Waals surface area (Å²) in [5, 5.41) is 13.4. The Morgan fingerprint density at radius 2 is 2.00 bits per heavy atom. The zero-order valence-electron chi connectivity index (χ0n) is 11.3. The zero-order chi connectivity index (χ0) is 13.3. The van der Waals surface area contributed by atoms with Gasteiger partial charge in [-0.25, -0.2) is 0 Å². The van der Waals surface area contributed by atoms with Crippen molar-refractivity contribution in [3.05, 3.63) is 48.0 Å². The first-order valence-corrected chi connectivity index (χ1v) is 7.05. The molecule has 1 aliphatic rings. The van der Waals surface area contributed by atoms with Gasteiger partial charge in [0.25, 0.3) is 0 Å². The molecular weight excluding hydrogens is 236 g/mol. The highest BCUT2D eigenvalue weighted by atomic mass is 16.5. The molecule has 0 radical (unpaired) electrons. The van der Waals surface area contributed by atoms with Crippen LogP contribution in [0.5, 0.6) is 0 Å². The Morgan fingerprint density at radius 3 is 2.84 bits per heavy atom. The Hall–Kier alpha value is -1.38. The Morgan fingerprint density at radius 1 is 1.21 bits per heavy atom. The van der Waals surface area contributed by atoms with Crippen molar-refractivity contribution in [2.75, 3.05) is 6.61 Å². The van der Waals surface area contributed by atoms with E-state index in [1.807, 2.05) is 18.2 Å². The molecule has 1 N–H and O–H groups in total. The van der Waals surface area contributed by atoms with Crippen LogP contribution >= 0.6 is 0 Å². The molecule has 100 valence electrons. The number of fused-ring (bicyclic) bond motifs is 1. The maximum atomic E-state index is 11.1. The first-order chi connectivity index (χ1) is 9.23. The van der Waals surface area contributed by atoms with E-state index >= 15 is 0 Å². The van der Waals surface area contributed by atoms with Crippen molar-refractivity contribution < 1.29 is 9.84 Å².